The lowest BCUT2D eigenvalue weighted by molar-refractivity contribution is -0.147. The van der Waals surface area contributed by atoms with E-state index in [0.29, 0.717) is 19.1 Å². The van der Waals surface area contributed by atoms with Crippen LogP contribution < -0.4 is 5.32 Å². The molecule has 6 heteroatoms. The van der Waals surface area contributed by atoms with Gasteiger partial charge in [0.15, 0.2) is 6.04 Å². The van der Waals surface area contributed by atoms with Crippen LogP contribution in [-0.2, 0) is 14.3 Å². The third-order valence-electron chi connectivity index (χ3n) is 4.49. The standard InChI is InChI=1S/C20H39NO5/c1-4-7-9-10-11-12-14-25-19(23)18(15-22)21-20(24)26-16-17(6-3)13-8-5-2/h17-18,22H,4-16H2,1-3H3,(H,21,24). The zero-order chi connectivity index (χ0) is 19.6. The Labute approximate surface area is 159 Å². The number of aliphatic hydroxyl groups is 1. The number of hydrogen-bond donors (Lipinski definition) is 2. The van der Waals surface area contributed by atoms with Crippen LogP contribution in [0, 0.1) is 5.92 Å². The van der Waals surface area contributed by atoms with Gasteiger partial charge in [-0.2, -0.15) is 0 Å². The summed E-state index contributed by atoms with van der Waals surface area (Å²) in [6, 6.07) is -1.07. The fourth-order valence-corrected chi connectivity index (χ4v) is 2.61. The second kappa shape index (κ2) is 17.1. The number of esters is 1. The second-order valence-electron chi connectivity index (χ2n) is 6.83. The summed E-state index contributed by atoms with van der Waals surface area (Å²) < 4.78 is 10.3. The van der Waals surface area contributed by atoms with Gasteiger partial charge in [0.25, 0.3) is 0 Å². The molecule has 0 aromatic heterocycles. The van der Waals surface area contributed by atoms with Gasteiger partial charge in [-0.3, -0.25) is 0 Å². The van der Waals surface area contributed by atoms with Gasteiger partial charge in [0, 0.05) is 0 Å². The Morgan fingerprint density at radius 3 is 2.19 bits per heavy atom. The van der Waals surface area contributed by atoms with Crippen LogP contribution in [0.15, 0.2) is 0 Å². The van der Waals surface area contributed by atoms with Crippen LogP contribution in [0.1, 0.15) is 85.0 Å². The lowest BCUT2D eigenvalue weighted by Gasteiger charge is -2.18. The quantitative estimate of drug-likeness (QED) is 0.313. The molecule has 0 saturated heterocycles. The summed E-state index contributed by atoms with van der Waals surface area (Å²) >= 11 is 0. The summed E-state index contributed by atoms with van der Waals surface area (Å²) in [5.74, 6) is -0.288. The van der Waals surface area contributed by atoms with Gasteiger partial charge in [-0.1, -0.05) is 72.1 Å². The number of carbonyl (C=O) groups excluding carboxylic acids is 2. The minimum Gasteiger partial charge on any atom is -0.464 e. The summed E-state index contributed by atoms with van der Waals surface area (Å²) in [5, 5.41) is 11.7. The lowest BCUT2D eigenvalue weighted by Crippen LogP contribution is -2.45. The largest absolute Gasteiger partial charge is 0.464 e. The summed E-state index contributed by atoms with van der Waals surface area (Å²) in [5.41, 5.74) is 0. The Morgan fingerprint density at radius 1 is 0.923 bits per heavy atom. The molecule has 154 valence electrons. The van der Waals surface area contributed by atoms with Crippen molar-refractivity contribution in [3.63, 3.8) is 0 Å². The maximum Gasteiger partial charge on any atom is 0.407 e. The number of rotatable bonds is 16. The molecule has 0 heterocycles. The first-order valence-electron chi connectivity index (χ1n) is 10.3. The highest BCUT2D eigenvalue weighted by molar-refractivity contribution is 5.81. The summed E-state index contributed by atoms with van der Waals surface area (Å²) in [4.78, 5) is 23.8. The third-order valence-corrected chi connectivity index (χ3v) is 4.49. The molecule has 0 aliphatic rings. The van der Waals surface area contributed by atoms with E-state index in [1.165, 1.54) is 19.3 Å². The van der Waals surface area contributed by atoms with Crippen LogP contribution in [0.3, 0.4) is 0 Å². The number of amides is 1. The molecule has 26 heavy (non-hydrogen) atoms. The van der Waals surface area contributed by atoms with E-state index in [2.05, 4.69) is 26.1 Å². The van der Waals surface area contributed by atoms with Crippen LogP contribution in [0.5, 0.6) is 0 Å². The fraction of sp³-hybridized carbons (Fsp3) is 0.900. The number of aliphatic hydroxyl groups excluding tert-OH is 1. The van der Waals surface area contributed by atoms with E-state index in [9.17, 15) is 14.7 Å². The van der Waals surface area contributed by atoms with Gasteiger partial charge >= 0.3 is 12.1 Å². The first kappa shape index (κ1) is 24.7. The first-order chi connectivity index (χ1) is 12.6. The number of nitrogens with one attached hydrogen (secondary N) is 1. The van der Waals surface area contributed by atoms with Crippen molar-refractivity contribution in [2.24, 2.45) is 5.92 Å². The first-order valence-corrected chi connectivity index (χ1v) is 10.3. The van der Waals surface area contributed by atoms with Gasteiger partial charge in [0.2, 0.25) is 0 Å². The van der Waals surface area contributed by atoms with E-state index in [1.54, 1.807) is 0 Å². The van der Waals surface area contributed by atoms with Crippen LogP contribution in [0.4, 0.5) is 4.79 Å². The highest BCUT2D eigenvalue weighted by Gasteiger charge is 2.22. The van der Waals surface area contributed by atoms with E-state index in [1.807, 2.05) is 0 Å². The van der Waals surface area contributed by atoms with Gasteiger partial charge in [-0.05, 0) is 18.8 Å². The van der Waals surface area contributed by atoms with Crippen molar-refractivity contribution < 1.29 is 24.2 Å². The number of alkyl carbamates (subject to hydrolysis) is 1. The zero-order valence-corrected chi connectivity index (χ0v) is 16.9. The molecule has 0 radical (unpaired) electrons. The van der Waals surface area contributed by atoms with Crippen molar-refractivity contribution in [1.29, 1.82) is 0 Å². The smallest absolute Gasteiger partial charge is 0.407 e. The molecule has 1 amide bonds. The molecule has 6 nitrogen and oxygen atoms in total. The SMILES string of the molecule is CCCCCCCCOC(=O)C(CO)NC(=O)OCC(CC)CCCC. The van der Waals surface area contributed by atoms with Crippen molar-refractivity contribution in [1.82, 2.24) is 5.32 Å². The Kier molecular flexibility index (Phi) is 16.3. The third kappa shape index (κ3) is 13.0. The average molecular weight is 374 g/mol. The average Bonchev–Trinajstić information content (AvgIpc) is 2.65. The summed E-state index contributed by atoms with van der Waals surface area (Å²) in [6.45, 7) is 6.50. The Morgan fingerprint density at radius 2 is 1.58 bits per heavy atom. The minimum atomic E-state index is -1.07. The van der Waals surface area contributed by atoms with Crippen molar-refractivity contribution in [2.75, 3.05) is 19.8 Å². The molecule has 0 aromatic carbocycles. The van der Waals surface area contributed by atoms with E-state index < -0.39 is 24.7 Å². The number of unbranched alkanes of at least 4 members (excludes halogenated alkanes) is 6. The topological polar surface area (TPSA) is 84.9 Å². The molecular weight excluding hydrogens is 334 g/mol. The van der Waals surface area contributed by atoms with Gasteiger partial charge in [-0.15, -0.1) is 0 Å². The van der Waals surface area contributed by atoms with Gasteiger partial charge in [0.1, 0.15) is 0 Å². The molecule has 0 saturated carbocycles. The fourth-order valence-electron chi connectivity index (χ4n) is 2.61. The van der Waals surface area contributed by atoms with E-state index in [0.717, 1.165) is 44.9 Å². The highest BCUT2D eigenvalue weighted by atomic mass is 16.6. The van der Waals surface area contributed by atoms with Crippen molar-refractivity contribution in [3.8, 4) is 0 Å². The molecule has 0 rings (SSSR count). The molecule has 0 bridgehead atoms. The summed E-state index contributed by atoms with van der Waals surface area (Å²) in [6.07, 6.45) is 10.1. The number of carbonyl (C=O) groups is 2. The molecule has 2 atom stereocenters. The molecule has 0 aliphatic heterocycles. The van der Waals surface area contributed by atoms with Crippen molar-refractivity contribution in [3.05, 3.63) is 0 Å². The molecule has 0 fully saturated rings. The van der Waals surface area contributed by atoms with Crippen LogP contribution in [0.25, 0.3) is 0 Å². The van der Waals surface area contributed by atoms with Crippen molar-refractivity contribution >= 4 is 12.1 Å². The number of ether oxygens (including phenoxy) is 2. The van der Waals surface area contributed by atoms with E-state index in [4.69, 9.17) is 9.47 Å². The van der Waals surface area contributed by atoms with Crippen LogP contribution in [0.2, 0.25) is 0 Å². The summed E-state index contributed by atoms with van der Waals surface area (Å²) in [7, 11) is 0. The Hall–Kier alpha value is -1.30. The maximum atomic E-state index is 11.9. The van der Waals surface area contributed by atoms with Gasteiger partial charge in [0.05, 0.1) is 19.8 Å². The molecular formula is C20H39NO5. The number of hydrogen-bond acceptors (Lipinski definition) is 5. The van der Waals surface area contributed by atoms with Crippen LogP contribution in [-0.4, -0.2) is 43.0 Å². The Balaban J connectivity index is 3.99. The second-order valence-corrected chi connectivity index (χ2v) is 6.83. The Bertz CT molecular complexity index is 362. The molecule has 2 unspecified atom stereocenters. The van der Waals surface area contributed by atoms with E-state index in [-0.39, 0.29) is 0 Å². The van der Waals surface area contributed by atoms with Gasteiger partial charge in [-0.25, -0.2) is 9.59 Å². The molecule has 2 N–H and O–H groups in total. The zero-order valence-electron chi connectivity index (χ0n) is 16.9. The highest BCUT2D eigenvalue weighted by Crippen LogP contribution is 2.13. The van der Waals surface area contributed by atoms with Crippen LogP contribution >= 0.6 is 0 Å². The lowest BCUT2D eigenvalue weighted by atomic mass is 10.0. The molecule has 0 spiro atoms. The minimum absolute atomic E-state index is 0.313. The predicted molar refractivity (Wildman–Crippen MR) is 103 cm³/mol. The van der Waals surface area contributed by atoms with Gasteiger partial charge < -0.3 is 19.9 Å². The normalized spacial score (nSPS) is 13.1. The van der Waals surface area contributed by atoms with Crippen molar-refractivity contribution in [2.45, 2.75) is 91.0 Å². The molecule has 0 aliphatic carbocycles. The van der Waals surface area contributed by atoms with E-state index >= 15 is 0 Å². The predicted octanol–water partition coefficient (Wildman–Crippen LogP) is 4.19. The monoisotopic (exact) mass is 373 g/mol. The maximum absolute atomic E-state index is 11.9. The molecule has 0 aromatic rings.